The predicted molar refractivity (Wildman–Crippen MR) is 217 cm³/mol. The largest absolute Gasteiger partial charge is 0.506 e. The first-order chi connectivity index (χ1) is 26.3. The normalized spacial score (nSPS) is 11.9. The summed E-state index contributed by atoms with van der Waals surface area (Å²) in [5, 5.41) is 30.7. The molecule has 0 spiro atoms. The quantitative estimate of drug-likeness (QED) is 0.0369. The smallest absolute Gasteiger partial charge is 0.252 e. The monoisotopic (exact) mass is 786 g/mol. The number of aromatic hydroxyl groups is 1. The van der Waals surface area contributed by atoms with Crippen molar-refractivity contribution in [3.8, 4) is 11.5 Å². The second kappa shape index (κ2) is 18.8. The molecule has 1 aromatic heterocycles. The van der Waals surface area contributed by atoms with E-state index in [0.717, 1.165) is 63.9 Å². The molecule has 1 heterocycles. The van der Waals surface area contributed by atoms with Gasteiger partial charge in [0.15, 0.2) is 0 Å². The number of carbonyl (C=O) groups is 2. The van der Waals surface area contributed by atoms with Gasteiger partial charge >= 0.3 is 0 Å². The zero-order valence-electron chi connectivity index (χ0n) is 30.9. The molecular weight excluding hydrogens is 741 g/mol. The number of hydrogen-bond donors (Lipinski definition) is 7. The number of sulfonamides is 1. The Balaban J connectivity index is 1.10. The molecule has 4 aromatic carbocycles. The summed E-state index contributed by atoms with van der Waals surface area (Å²) in [5.41, 5.74) is 9.99. The first kappa shape index (κ1) is 40.8. The van der Waals surface area contributed by atoms with Crippen molar-refractivity contribution in [3.63, 3.8) is 0 Å². The molecule has 0 aliphatic heterocycles. The number of ether oxygens (including phenoxy) is 1. The lowest BCUT2D eigenvalue weighted by Crippen LogP contribution is -2.24. The molecule has 8 N–H and O–H groups in total. The maximum absolute atomic E-state index is 13.0. The number of unbranched alkanes of at least 4 members (excludes halogenated alkanes) is 3. The van der Waals surface area contributed by atoms with Crippen LogP contribution in [0.3, 0.4) is 0 Å². The van der Waals surface area contributed by atoms with E-state index in [0.29, 0.717) is 35.7 Å². The van der Waals surface area contributed by atoms with Gasteiger partial charge in [0.05, 0.1) is 41.9 Å². The van der Waals surface area contributed by atoms with Gasteiger partial charge in [-0.3, -0.25) is 19.3 Å². The third-order valence-electron chi connectivity index (χ3n) is 8.68. The minimum atomic E-state index is -3.57. The highest BCUT2D eigenvalue weighted by atomic mass is 32.2. The molecule has 1 unspecified atom stereocenters. The number of nitrogens with two attached hydrogens (primary N) is 1. The maximum atomic E-state index is 13.0. The lowest BCUT2D eigenvalue weighted by atomic mass is 10.1. The van der Waals surface area contributed by atoms with Crippen molar-refractivity contribution in [2.24, 2.45) is 5.73 Å². The van der Waals surface area contributed by atoms with Crippen molar-refractivity contribution < 1.29 is 33.0 Å². The van der Waals surface area contributed by atoms with Crippen LogP contribution in [-0.2, 0) is 10.0 Å². The number of aryl methyl sites for hydroxylation is 1. The topological polar surface area (TPSA) is 205 Å². The molecule has 290 valence electrons. The lowest BCUT2D eigenvalue weighted by molar-refractivity contribution is 0.0951. The first-order valence-electron chi connectivity index (χ1n) is 17.7. The summed E-state index contributed by atoms with van der Waals surface area (Å²) in [6, 6.07) is 23.1. The van der Waals surface area contributed by atoms with Crippen LogP contribution >= 0.6 is 11.8 Å². The Morgan fingerprint density at radius 3 is 2.45 bits per heavy atom. The second-order valence-electron chi connectivity index (χ2n) is 13.1. The molecule has 5 aromatic rings. The molecule has 55 heavy (non-hydrogen) atoms. The summed E-state index contributed by atoms with van der Waals surface area (Å²) in [5.74, 6) is -0.316. The Morgan fingerprint density at radius 1 is 0.945 bits per heavy atom. The molecule has 0 aliphatic rings. The number of amides is 2. The van der Waals surface area contributed by atoms with Gasteiger partial charge in [0.25, 0.3) is 11.8 Å². The van der Waals surface area contributed by atoms with Crippen LogP contribution < -0.4 is 31.1 Å². The minimum Gasteiger partial charge on any atom is -0.506 e. The molecule has 0 bridgehead atoms. The summed E-state index contributed by atoms with van der Waals surface area (Å²) < 4.78 is 30.7. The van der Waals surface area contributed by atoms with E-state index in [1.54, 1.807) is 19.2 Å². The van der Waals surface area contributed by atoms with Crippen LogP contribution in [-0.4, -0.2) is 68.4 Å². The summed E-state index contributed by atoms with van der Waals surface area (Å²) in [6.45, 7) is 3.45. The van der Waals surface area contributed by atoms with Gasteiger partial charge < -0.3 is 36.6 Å². The van der Waals surface area contributed by atoms with Crippen molar-refractivity contribution in [3.05, 3.63) is 107 Å². The average Bonchev–Trinajstić information content (AvgIpc) is 3.14. The number of primary amides is 1. The minimum absolute atomic E-state index is 0.0166. The van der Waals surface area contributed by atoms with E-state index in [1.807, 2.05) is 61.5 Å². The van der Waals surface area contributed by atoms with Crippen molar-refractivity contribution in [2.75, 3.05) is 43.0 Å². The zero-order chi connectivity index (χ0) is 39.5. The Hall–Kier alpha value is -5.35. The van der Waals surface area contributed by atoms with Crippen molar-refractivity contribution in [2.45, 2.75) is 48.5 Å². The highest BCUT2D eigenvalue weighted by molar-refractivity contribution is 7.99. The Bertz CT molecular complexity index is 2270. The van der Waals surface area contributed by atoms with Crippen molar-refractivity contribution in [1.29, 1.82) is 0 Å². The number of pyridine rings is 1. The number of anilines is 3. The van der Waals surface area contributed by atoms with Crippen molar-refractivity contribution in [1.82, 2.24) is 15.6 Å². The van der Waals surface area contributed by atoms with Crippen LogP contribution in [0.2, 0.25) is 0 Å². The standard InChI is InChI=1S/C40H46N6O7S2/c1-25-18-31(22-32-37(25)44-23-33(39(41)49)38(32)45-28-11-9-12-29(21-28)53-2)54-30-13-8-10-27(19-30)40(50)43-17-7-5-4-6-16-42-24-36(48)26-14-15-35(47)34(20-26)46-55(3,51)52/h8-15,18-23,36,42,46-48H,4-7,16-17,24H2,1-3H3,(H2,41,49)(H,43,50)(H,44,45). The molecule has 0 saturated heterocycles. The SMILES string of the molecule is COc1cccc(Nc2c(C(N)=O)cnc3c(C)cc(Sc4cccc(C(=O)NCCCCCCNCC(O)c5ccc(O)c(NS(C)(=O)=O)c5)c4)cc23)c1. The molecule has 5 rings (SSSR count). The van der Waals surface area contributed by atoms with Gasteiger partial charge in [-0.15, -0.1) is 0 Å². The van der Waals surface area contributed by atoms with Gasteiger partial charge in [-0.25, -0.2) is 8.42 Å². The summed E-state index contributed by atoms with van der Waals surface area (Å²) in [7, 11) is -1.99. The molecular formula is C40H46N6O7S2. The van der Waals surface area contributed by atoms with Gasteiger partial charge in [-0.2, -0.15) is 0 Å². The highest BCUT2D eigenvalue weighted by Gasteiger charge is 2.17. The number of carbonyl (C=O) groups excluding carboxylic acids is 2. The number of rotatable bonds is 19. The fraction of sp³-hybridized carbons (Fsp3) is 0.275. The number of aliphatic hydroxyl groups excluding tert-OH is 1. The number of nitrogens with one attached hydrogen (secondary N) is 4. The van der Waals surface area contributed by atoms with Gasteiger partial charge in [0, 0.05) is 51.8 Å². The van der Waals surface area contributed by atoms with Gasteiger partial charge in [0.2, 0.25) is 10.0 Å². The van der Waals surface area contributed by atoms with E-state index in [4.69, 9.17) is 10.5 Å². The van der Waals surface area contributed by atoms with Gasteiger partial charge in [-0.1, -0.05) is 42.8 Å². The molecule has 15 heteroatoms. The van der Waals surface area contributed by atoms with E-state index in [1.165, 1.54) is 30.1 Å². The number of benzene rings is 4. The molecule has 0 radical (unpaired) electrons. The third kappa shape index (κ3) is 11.6. The molecule has 0 saturated carbocycles. The van der Waals surface area contributed by atoms with Crippen molar-refractivity contribution >= 4 is 61.6 Å². The number of hydrogen-bond acceptors (Lipinski definition) is 11. The Kier molecular flexibility index (Phi) is 14.0. The number of fused-ring (bicyclic) bond motifs is 1. The van der Waals surface area contributed by atoms with Crippen LogP contribution in [0.5, 0.6) is 11.5 Å². The predicted octanol–water partition coefficient (Wildman–Crippen LogP) is 6.24. The van der Waals surface area contributed by atoms with E-state index in [2.05, 4.69) is 25.7 Å². The molecule has 13 nitrogen and oxygen atoms in total. The number of nitrogens with zero attached hydrogens (tertiary/aromatic N) is 1. The number of phenols is 1. The number of phenolic OH excluding ortho intramolecular Hbond substituents is 1. The molecule has 1 atom stereocenters. The zero-order valence-corrected chi connectivity index (χ0v) is 32.5. The first-order valence-corrected chi connectivity index (χ1v) is 20.4. The fourth-order valence-corrected chi connectivity index (χ4v) is 7.52. The summed E-state index contributed by atoms with van der Waals surface area (Å²) >= 11 is 1.50. The number of aromatic nitrogens is 1. The number of aliphatic hydroxyl groups is 1. The Morgan fingerprint density at radius 2 is 1.71 bits per heavy atom. The third-order valence-corrected chi connectivity index (χ3v) is 10.2. The number of methoxy groups -OCH3 is 1. The fourth-order valence-electron chi connectivity index (χ4n) is 5.94. The van der Waals surface area contributed by atoms with E-state index >= 15 is 0 Å². The van der Waals surface area contributed by atoms with E-state index < -0.39 is 22.0 Å². The van der Waals surface area contributed by atoms with E-state index in [-0.39, 0.29) is 29.5 Å². The highest BCUT2D eigenvalue weighted by Crippen LogP contribution is 2.37. The van der Waals surface area contributed by atoms with Crippen LogP contribution in [0, 0.1) is 6.92 Å². The lowest BCUT2D eigenvalue weighted by Gasteiger charge is -2.16. The van der Waals surface area contributed by atoms with Crippen LogP contribution in [0.4, 0.5) is 17.1 Å². The van der Waals surface area contributed by atoms with Crippen LogP contribution in [0.1, 0.15) is 63.6 Å². The second-order valence-corrected chi connectivity index (χ2v) is 16.0. The van der Waals surface area contributed by atoms with E-state index in [9.17, 15) is 28.2 Å². The average molecular weight is 787 g/mol. The van der Waals surface area contributed by atoms with Gasteiger partial charge in [0.1, 0.15) is 11.5 Å². The summed E-state index contributed by atoms with van der Waals surface area (Å²) in [4.78, 5) is 31.8. The summed E-state index contributed by atoms with van der Waals surface area (Å²) in [6.07, 6.45) is 5.15. The van der Waals surface area contributed by atoms with Crippen LogP contribution in [0.15, 0.2) is 94.9 Å². The van der Waals surface area contributed by atoms with Crippen LogP contribution in [0.25, 0.3) is 10.9 Å². The maximum Gasteiger partial charge on any atom is 0.252 e. The molecule has 0 aliphatic carbocycles. The molecule has 2 amide bonds. The Labute approximate surface area is 325 Å². The molecule has 0 fully saturated rings. The van der Waals surface area contributed by atoms with Gasteiger partial charge in [-0.05, 0) is 92.0 Å².